The van der Waals surface area contributed by atoms with Crippen LogP contribution in [-0.4, -0.2) is 16.7 Å². The molecule has 2 amide bonds. The number of nitrogens with one attached hydrogen (secondary N) is 1. The third-order valence-electron chi connectivity index (χ3n) is 5.69. The standard InChI is InChI=1S/C24H26N2O2/c1-16-7-9-19(10-8-16)24(20-11-12-20)25-23(28)15-22-21-6-4-3-5-18(21)13-14-26(22)17(2)27/h3-10,13-14,20,22,24H,11-12,15H2,1-2H3,(H,25,28). The van der Waals surface area contributed by atoms with Crippen molar-refractivity contribution in [3.05, 3.63) is 77.0 Å². The second-order valence-electron chi connectivity index (χ2n) is 7.88. The Morgan fingerprint density at radius 2 is 1.82 bits per heavy atom. The molecule has 1 aliphatic carbocycles. The molecule has 2 aliphatic rings. The van der Waals surface area contributed by atoms with E-state index in [0.29, 0.717) is 5.92 Å². The van der Waals surface area contributed by atoms with Crippen LogP contribution in [0.2, 0.25) is 0 Å². The van der Waals surface area contributed by atoms with Gasteiger partial charge in [-0.25, -0.2) is 0 Å². The summed E-state index contributed by atoms with van der Waals surface area (Å²) >= 11 is 0. The van der Waals surface area contributed by atoms with Crippen LogP contribution in [0.5, 0.6) is 0 Å². The maximum Gasteiger partial charge on any atom is 0.223 e. The molecule has 1 heterocycles. The Labute approximate surface area is 166 Å². The van der Waals surface area contributed by atoms with Gasteiger partial charge < -0.3 is 10.2 Å². The molecule has 0 aromatic heterocycles. The van der Waals surface area contributed by atoms with Gasteiger partial charge in [0.15, 0.2) is 0 Å². The Balaban J connectivity index is 1.53. The third-order valence-corrected chi connectivity index (χ3v) is 5.69. The zero-order chi connectivity index (χ0) is 19.7. The number of rotatable bonds is 5. The highest BCUT2D eigenvalue weighted by Crippen LogP contribution is 2.41. The van der Waals surface area contributed by atoms with Crippen LogP contribution in [0.25, 0.3) is 6.08 Å². The molecule has 1 fully saturated rings. The summed E-state index contributed by atoms with van der Waals surface area (Å²) in [6.45, 7) is 3.61. The summed E-state index contributed by atoms with van der Waals surface area (Å²) in [5.41, 5.74) is 4.46. The Morgan fingerprint density at radius 1 is 1.11 bits per heavy atom. The van der Waals surface area contributed by atoms with E-state index in [4.69, 9.17) is 0 Å². The van der Waals surface area contributed by atoms with Crippen molar-refractivity contribution < 1.29 is 9.59 Å². The minimum Gasteiger partial charge on any atom is -0.349 e. The molecule has 1 aliphatic heterocycles. The maximum absolute atomic E-state index is 13.0. The van der Waals surface area contributed by atoms with Gasteiger partial charge in [-0.15, -0.1) is 0 Å². The van der Waals surface area contributed by atoms with Crippen LogP contribution in [0.4, 0.5) is 0 Å². The fourth-order valence-electron chi connectivity index (χ4n) is 4.00. The molecule has 4 rings (SSSR count). The van der Waals surface area contributed by atoms with Crippen molar-refractivity contribution in [3.8, 4) is 0 Å². The molecule has 28 heavy (non-hydrogen) atoms. The number of nitrogens with zero attached hydrogens (tertiary/aromatic N) is 1. The van der Waals surface area contributed by atoms with Crippen LogP contribution in [-0.2, 0) is 9.59 Å². The lowest BCUT2D eigenvalue weighted by molar-refractivity contribution is -0.130. The number of hydrogen-bond donors (Lipinski definition) is 1. The number of benzene rings is 2. The molecule has 4 heteroatoms. The van der Waals surface area contributed by atoms with Crippen LogP contribution in [0.3, 0.4) is 0 Å². The quantitative estimate of drug-likeness (QED) is 0.836. The first kappa shape index (κ1) is 18.5. The Morgan fingerprint density at radius 3 is 2.50 bits per heavy atom. The van der Waals surface area contributed by atoms with Crippen molar-refractivity contribution in [2.75, 3.05) is 0 Å². The van der Waals surface area contributed by atoms with E-state index in [1.165, 1.54) is 5.56 Å². The SMILES string of the molecule is CC(=O)N1C=Cc2ccccc2C1CC(=O)NC(c1ccc(C)cc1)C1CC1. The van der Waals surface area contributed by atoms with E-state index in [1.807, 2.05) is 30.3 Å². The van der Waals surface area contributed by atoms with E-state index < -0.39 is 0 Å². The maximum atomic E-state index is 13.0. The summed E-state index contributed by atoms with van der Waals surface area (Å²) < 4.78 is 0. The zero-order valence-electron chi connectivity index (χ0n) is 16.4. The highest BCUT2D eigenvalue weighted by atomic mass is 16.2. The van der Waals surface area contributed by atoms with E-state index in [9.17, 15) is 9.59 Å². The lowest BCUT2D eigenvalue weighted by Gasteiger charge is -2.32. The van der Waals surface area contributed by atoms with Crippen LogP contribution in [0.1, 0.15) is 60.5 Å². The molecule has 4 nitrogen and oxygen atoms in total. The fraction of sp³-hybridized carbons (Fsp3) is 0.333. The van der Waals surface area contributed by atoms with Gasteiger partial charge >= 0.3 is 0 Å². The largest absolute Gasteiger partial charge is 0.349 e. The van der Waals surface area contributed by atoms with Crippen molar-refractivity contribution in [2.24, 2.45) is 5.92 Å². The highest BCUT2D eigenvalue weighted by molar-refractivity contribution is 5.82. The third kappa shape index (κ3) is 3.86. The minimum atomic E-state index is -0.267. The van der Waals surface area contributed by atoms with Crippen LogP contribution in [0.15, 0.2) is 54.7 Å². The molecule has 0 bridgehead atoms. The zero-order valence-corrected chi connectivity index (χ0v) is 16.4. The molecule has 2 unspecified atom stereocenters. The van der Waals surface area contributed by atoms with E-state index in [2.05, 4.69) is 36.5 Å². The summed E-state index contributed by atoms with van der Waals surface area (Å²) in [5, 5.41) is 3.25. The van der Waals surface area contributed by atoms with Gasteiger partial charge in [0, 0.05) is 13.1 Å². The molecule has 2 atom stereocenters. The highest BCUT2D eigenvalue weighted by Gasteiger charge is 2.35. The molecule has 2 aromatic carbocycles. The number of hydrogen-bond acceptors (Lipinski definition) is 2. The predicted molar refractivity (Wildman–Crippen MR) is 110 cm³/mol. The number of carbonyl (C=O) groups excluding carboxylic acids is 2. The molecule has 0 spiro atoms. The topological polar surface area (TPSA) is 49.4 Å². The molecule has 2 aromatic rings. The van der Waals surface area contributed by atoms with Gasteiger partial charge in [-0.1, -0.05) is 54.1 Å². The molecule has 1 N–H and O–H groups in total. The molecule has 144 valence electrons. The monoisotopic (exact) mass is 374 g/mol. The summed E-state index contributed by atoms with van der Waals surface area (Å²) in [4.78, 5) is 26.8. The van der Waals surface area contributed by atoms with Crippen molar-refractivity contribution in [2.45, 2.75) is 45.2 Å². The average molecular weight is 374 g/mol. The van der Waals surface area contributed by atoms with Gasteiger partial charge in [0.2, 0.25) is 11.8 Å². The number of aryl methyl sites for hydroxylation is 1. The lowest BCUT2D eigenvalue weighted by atomic mass is 9.93. The van der Waals surface area contributed by atoms with Crippen molar-refractivity contribution in [1.29, 1.82) is 0 Å². The first-order valence-corrected chi connectivity index (χ1v) is 9.95. The number of fused-ring (bicyclic) bond motifs is 1. The van der Waals surface area contributed by atoms with Gasteiger partial charge in [-0.3, -0.25) is 9.59 Å². The summed E-state index contributed by atoms with van der Waals surface area (Å²) in [5.74, 6) is 0.439. The average Bonchev–Trinajstić information content (AvgIpc) is 3.52. The molecular weight excluding hydrogens is 348 g/mol. The lowest BCUT2D eigenvalue weighted by Crippen LogP contribution is -2.37. The summed E-state index contributed by atoms with van der Waals surface area (Å²) in [6, 6.07) is 16.2. The first-order chi connectivity index (χ1) is 13.5. The Hall–Kier alpha value is -2.88. The second-order valence-corrected chi connectivity index (χ2v) is 7.88. The van der Waals surface area contributed by atoms with Crippen molar-refractivity contribution in [1.82, 2.24) is 10.2 Å². The van der Waals surface area contributed by atoms with Crippen molar-refractivity contribution >= 4 is 17.9 Å². The van der Waals surface area contributed by atoms with E-state index >= 15 is 0 Å². The van der Waals surface area contributed by atoms with E-state index in [0.717, 1.165) is 29.5 Å². The minimum absolute atomic E-state index is 0.0150. The Bertz CT molecular complexity index is 912. The normalized spacial score (nSPS) is 19.1. The van der Waals surface area contributed by atoms with Gasteiger partial charge in [-0.05, 0) is 48.4 Å². The van der Waals surface area contributed by atoms with Crippen LogP contribution < -0.4 is 5.32 Å². The molecule has 1 saturated carbocycles. The number of amides is 2. The van der Waals surface area contributed by atoms with Gasteiger partial charge in [0.25, 0.3) is 0 Å². The van der Waals surface area contributed by atoms with Gasteiger partial charge in [-0.2, -0.15) is 0 Å². The van der Waals surface area contributed by atoms with Crippen LogP contribution >= 0.6 is 0 Å². The number of carbonyl (C=O) groups is 2. The molecule has 0 saturated heterocycles. The van der Waals surface area contributed by atoms with Gasteiger partial charge in [0.1, 0.15) is 0 Å². The summed E-state index contributed by atoms with van der Waals surface area (Å²) in [7, 11) is 0. The second kappa shape index (κ2) is 7.63. The Kier molecular flexibility index (Phi) is 5.03. The van der Waals surface area contributed by atoms with E-state index in [-0.39, 0.29) is 30.3 Å². The van der Waals surface area contributed by atoms with Crippen LogP contribution in [0, 0.1) is 12.8 Å². The van der Waals surface area contributed by atoms with Gasteiger partial charge in [0.05, 0.1) is 18.5 Å². The van der Waals surface area contributed by atoms with Crippen molar-refractivity contribution in [3.63, 3.8) is 0 Å². The van der Waals surface area contributed by atoms with E-state index in [1.54, 1.807) is 18.0 Å². The molecule has 0 radical (unpaired) electrons. The predicted octanol–water partition coefficient (Wildman–Crippen LogP) is 4.53. The first-order valence-electron chi connectivity index (χ1n) is 9.95. The summed E-state index contributed by atoms with van der Waals surface area (Å²) in [6.07, 6.45) is 6.28. The smallest absolute Gasteiger partial charge is 0.223 e. The fourth-order valence-corrected chi connectivity index (χ4v) is 4.00. The molecular formula is C24H26N2O2.